The first-order valence-corrected chi connectivity index (χ1v) is 12.7. The third-order valence-corrected chi connectivity index (χ3v) is 6.93. The monoisotopic (exact) mass is 497 g/mol. The number of anilines is 1. The molecular weight excluding hydrogens is 470 g/mol. The Balaban J connectivity index is 1.71. The average molecular weight is 498 g/mol. The van der Waals surface area contributed by atoms with Crippen LogP contribution in [0.3, 0.4) is 0 Å². The Labute approximate surface area is 209 Å². The van der Waals surface area contributed by atoms with Crippen molar-refractivity contribution in [1.82, 2.24) is 10.2 Å². The van der Waals surface area contributed by atoms with Gasteiger partial charge in [0.25, 0.3) is 5.91 Å². The summed E-state index contributed by atoms with van der Waals surface area (Å²) < 4.78 is 5.96. The number of para-hydroxylation sites is 1. The van der Waals surface area contributed by atoms with E-state index in [0.29, 0.717) is 24.5 Å². The van der Waals surface area contributed by atoms with Gasteiger partial charge in [-0.25, -0.2) is 0 Å². The third kappa shape index (κ3) is 5.43. The van der Waals surface area contributed by atoms with Gasteiger partial charge in [0, 0.05) is 36.2 Å². The van der Waals surface area contributed by atoms with Gasteiger partial charge in [-0.15, -0.1) is 22.9 Å². The van der Waals surface area contributed by atoms with Gasteiger partial charge in [-0.2, -0.15) is 0 Å². The topological polar surface area (TPSA) is 61.9 Å². The molecule has 1 fully saturated rings. The highest BCUT2D eigenvalue weighted by Gasteiger charge is 2.37. The van der Waals surface area contributed by atoms with Crippen LogP contribution >= 0.6 is 22.9 Å². The number of thiophene rings is 1. The SMILES string of the molecule is Cc1cc(Oc2ccccc2)ccc1N(C(=O)CCl)[C@H](C(=O)N1CCNC(C)C1)c1cccs1. The van der Waals surface area contributed by atoms with Gasteiger partial charge in [0.05, 0.1) is 0 Å². The molecule has 1 saturated heterocycles. The molecule has 1 N–H and O–H groups in total. The number of rotatable bonds is 7. The smallest absolute Gasteiger partial charge is 0.251 e. The molecule has 0 radical (unpaired) electrons. The van der Waals surface area contributed by atoms with Crippen LogP contribution in [0.5, 0.6) is 11.5 Å². The summed E-state index contributed by atoms with van der Waals surface area (Å²) in [6.45, 7) is 5.86. The molecule has 6 nitrogen and oxygen atoms in total. The minimum absolute atomic E-state index is 0.0988. The molecule has 2 aromatic carbocycles. The maximum Gasteiger partial charge on any atom is 0.251 e. The Bertz CT molecular complexity index is 1120. The fourth-order valence-corrected chi connectivity index (χ4v) is 5.12. The van der Waals surface area contributed by atoms with E-state index < -0.39 is 6.04 Å². The number of hydrogen-bond acceptors (Lipinski definition) is 5. The highest BCUT2D eigenvalue weighted by atomic mass is 35.5. The minimum atomic E-state index is -0.781. The number of alkyl halides is 1. The highest BCUT2D eigenvalue weighted by molar-refractivity contribution is 7.10. The van der Waals surface area contributed by atoms with Crippen molar-refractivity contribution >= 4 is 40.4 Å². The number of piperazine rings is 1. The summed E-state index contributed by atoms with van der Waals surface area (Å²) in [6, 6.07) is 18.2. The third-order valence-electron chi connectivity index (χ3n) is 5.77. The van der Waals surface area contributed by atoms with E-state index in [2.05, 4.69) is 12.2 Å². The van der Waals surface area contributed by atoms with Gasteiger partial charge in [0.15, 0.2) is 0 Å². The Morgan fingerprint density at radius 3 is 2.62 bits per heavy atom. The van der Waals surface area contributed by atoms with E-state index in [1.54, 1.807) is 4.90 Å². The van der Waals surface area contributed by atoms with Crippen LogP contribution < -0.4 is 15.0 Å². The first-order valence-electron chi connectivity index (χ1n) is 11.2. The number of aryl methyl sites for hydroxylation is 1. The Kier molecular flexibility index (Phi) is 7.88. The van der Waals surface area contributed by atoms with Crippen LogP contribution in [0.4, 0.5) is 5.69 Å². The van der Waals surface area contributed by atoms with E-state index in [1.807, 2.05) is 77.9 Å². The van der Waals surface area contributed by atoms with E-state index in [9.17, 15) is 9.59 Å². The number of hydrogen-bond donors (Lipinski definition) is 1. The van der Waals surface area contributed by atoms with Crippen molar-refractivity contribution < 1.29 is 14.3 Å². The van der Waals surface area contributed by atoms with Gasteiger partial charge < -0.3 is 15.0 Å². The van der Waals surface area contributed by atoms with E-state index >= 15 is 0 Å². The molecular formula is C26H28ClN3O3S. The second-order valence-electron chi connectivity index (χ2n) is 8.32. The molecule has 8 heteroatoms. The second kappa shape index (κ2) is 11.0. The predicted molar refractivity (Wildman–Crippen MR) is 137 cm³/mol. The fraction of sp³-hybridized carbons (Fsp3) is 0.308. The van der Waals surface area contributed by atoms with Crippen LogP contribution in [-0.2, 0) is 9.59 Å². The summed E-state index contributed by atoms with van der Waals surface area (Å²) in [5, 5.41) is 5.28. The maximum absolute atomic E-state index is 13.8. The van der Waals surface area contributed by atoms with E-state index in [-0.39, 0.29) is 23.7 Å². The summed E-state index contributed by atoms with van der Waals surface area (Å²) in [4.78, 5) is 31.2. The lowest BCUT2D eigenvalue weighted by Gasteiger charge is -2.38. The lowest BCUT2D eigenvalue weighted by atomic mass is 10.1. The maximum atomic E-state index is 13.8. The zero-order valence-electron chi connectivity index (χ0n) is 19.2. The molecule has 1 aromatic heterocycles. The number of nitrogens with one attached hydrogen (secondary N) is 1. The lowest BCUT2D eigenvalue weighted by Crippen LogP contribution is -2.55. The molecule has 0 bridgehead atoms. The van der Waals surface area contributed by atoms with Crippen molar-refractivity contribution in [1.29, 1.82) is 0 Å². The summed E-state index contributed by atoms with van der Waals surface area (Å²) in [5.74, 6) is 0.729. The first-order chi connectivity index (χ1) is 16.5. The molecule has 4 rings (SSSR count). The molecule has 2 heterocycles. The normalized spacial score (nSPS) is 16.7. The number of nitrogens with zero attached hydrogens (tertiary/aromatic N) is 2. The first kappa shape index (κ1) is 24.3. The van der Waals surface area contributed by atoms with Gasteiger partial charge in [-0.05, 0) is 61.2 Å². The van der Waals surface area contributed by atoms with Crippen molar-refractivity contribution in [2.24, 2.45) is 0 Å². The van der Waals surface area contributed by atoms with E-state index in [1.165, 1.54) is 11.3 Å². The number of ether oxygens (including phenoxy) is 1. The Morgan fingerprint density at radius 2 is 1.97 bits per heavy atom. The van der Waals surface area contributed by atoms with Gasteiger partial charge in [-0.1, -0.05) is 24.3 Å². The minimum Gasteiger partial charge on any atom is -0.457 e. The molecule has 1 unspecified atom stereocenters. The second-order valence-corrected chi connectivity index (χ2v) is 9.56. The van der Waals surface area contributed by atoms with Crippen LogP contribution in [0, 0.1) is 6.92 Å². The molecule has 3 aromatic rings. The molecule has 2 atom stereocenters. The predicted octanol–water partition coefficient (Wildman–Crippen LogP) is 4.98. The van der Waals surface area contributed by atoms with Crippen LogP contribution in [0.2, 0.25) is 0 Å². The van der Waals surface area contributed by atoms with Crippen molar-refractivity contribution in [2.75, 3.05) is 30.4 Å². The Hall–Kier alpha value is -2.87. The summed E-state index contributed by atoms with van der Waals surface area (Å²) in [7, 11) is 0. The number of halogens is 1. The summed E-state index contributed by atoms with van der Waals surface area (Å²) in [6.07, 6.45) is 0. The molecule has 2 amide bonds. The number of carbonyl (C=O) groups excluding carboxylic acids is 2. The largest absolute Gasteiger partial charge is 0.457 e. The average Bonchev–Trinajstić information content (AvgIpc) is 3.37. The fourth-order valence-electron chi connectivity index (χ4n) is 4.18. The zero-order chi connectivity index (χ0) is 24.1. The van der Waals surface area contributed by atoms with Crippen molar-refractivity contribution in [3.63, 3.8) is 0 Å². The van der Waals surface area contributed by atoms with Crippen LogP contribution in [0.1, 0.15) is 23.4 Å². The quantitative estimate of drug-likeness (QED) is 0.467. The van der Waals surface area contributed by atoms with Crippen LogP contribution in [-0.4, -0.2) is 48.3 Å². The lowest BCUT2D eigenvalue weighted by molar-refractivity contribution is -0.135. The van der Waals surface area contributed by atoms with Crippen LogP contribution in [0.25, 0.3) is 0 Å². The van der Waals surface area contributed by atoms with Gasteiger partial charge in [0.2, 0.25) is 5.91 Å². The molecule has 178 valence electrons. The summed E-state index contributed by atoms with van der Waals surface area (Å²) >= 11 is 7.52. The molecule has 0 aliphatic carbocycles. The van der Waals surface area contributed by atoms with Gasteiger partial charge >= 0.3 is 0 Å². The zero-order valence-corrected chi connectivity index (χ0v) is 20.8. The summed E-state index contributed by atoms with van der Waals surface area (Å²) in [5.41, 5.74) is 1.45. The van der Waals surface area contributed by atoms with E-state index in [4.69, 9.17) is 16.3 Å². The number of benzene rings is 2. The Morgan fingerprint density at radius 1 is 1.18 bits per heavy atom. The molecule has 0 saturated carbocycles. The molecule has 1 aliphatic heterocycles. The molecule has 34 heavy (non-hydrogen) atoms. The van der Waals surface area contributed by atoms with Gasteiger partial charge in [0.1, 0.15) is 23.4 Å². The highest BCUT2D eigenvalue weighted by Crippen LogP contribution is 2.36. The van der Waals surface area contributed by atoms with Crippen molar-refractivity contribution in [2.45, 2.75) is 25.9 Å². The van der Waals surface area contributed by atoms with Crippen LogP contribution in [0.15, 0.2) is 66.0 Å². The number of carbonyl (C=O) groups is 2. The standard InChI is InChI=1S/C26H28ClN3O3S/c1-18-15-21(33-20-7-4-3-5-8-20)10-11-22(18)30(24(31)16-27)25(23-9-6-14-34-23)26(32)29-13-12-28-19(2)17-29/h3-11,14-15,19,25,28H,12-13,16-17H2,1-2H3/t19?,25-/m0/s1. The molecule has 1 aliphatic rings. The van der Waals surface area contributed by atoms with Gasteiger partial charge in [-0.3, -0.25) is 14.5 Å². The van der Waals surface area contributed by atoms with Crippen molar-refractivity contribution in [3.05, 3.63) is 76.5 Å². The number of amides is 2. The van der Waals surface area contributed by atoms with E-state index in [0.717, 1.165) is 22.7 Å². The van der Waals surface area contributed by atoms with Crippen molar-refractivity contribution in [3.8, 4) is 11.5 Å². The molecule has 0 spiro atoms.